The SMILES string of the molecule is CC1CC(=O)NN=C1c1cc(F)c(OC/C=C\CO)c(Cl)c1F. The molecule has 2 rings (SSSR count). The zero-order valence-corrected chi connectivity index (χ0v) is 13.0. The number of halogens is 3. The summed E-state index contributed by atoms with van der Waals surface area (Å²) in [5, 5.41) is 11.9. The smallest absolute Gasteiger partial charge is 0.240 e. The monoisotopic (exact) mass is 344 g/mol. The molecule has 0 saturated heterocycles. The van der Waals surface area contributed by atoms with Gasteiger partial charge < -0.3 is 9.84 Å². The standard InChI is InChI=1S/C15H15ClF2N2O3/c1-8-6-11(22)19-20-14(8)9-7-10(17)15(12(16)13(9)18)23-5-3-2-4-21/h2-3,7-8,21H,4-6H2,1H3,(H,19,22)/b3-2-. The van der Waals surface area contributed by atoms with Crippen molar-refractivity contribution in [3.05, 3.63) is 40.4 Å². The Morgan fingerprint density at radius 1 is 1.52 bits per heavy atom. The first-order valence-corrected chi connectivity index (χ1v) is 7.26. The number of hydrogen-bond acceptors (Lipinski definition) is 4. The lowest BCUT2D eigenvalue weighted by molar-refractivity contribution is -0.121. The molecule has 0 spiro atoms. The molecule has 0 aromatic heterocycles. The maximum Gasteiger partial charge on any atom is 0.240 e. The summed E-state index contributed by atoms with van der Waals surface area (Å²) < 4.78 is 33.7. The Morgan fingerprint density at radius 2 is 2.26 bits per heavy atom. The van der Waals surface area contributed by atoms with Gasteiger partial charge in [0.15, 0.2) is 17.4 Å². The number of aliphatic hydroxyl groups is 1. The zero-order chi connectivity index (χ0) is 17.0. The molecule has 0 bridgehead atoms. The third-order valence-corrected chi connectivity index (χ3v) is 3.59. The number of aliphatic hydroxyl groups excluding tert-OH is 1. The molecule has 1 heterocycles. The second kappa shape index (κ2) is 7.52. The molecule has 1 aromatic rings. The normalized spacial score (nSPS) is 18.0. The van der Waals surface area contributed by atoms with Gasteiger partial charge in [-0.3, -0.25) is 4.79 Å². The number of carbonyl (C=O) groups excluding carboxylic acids is 1. The minimum atomic E-state index is -0.865. The third kappa shape index (κ3) is 3.86. The molecular formula is C15H15ClF2N2O3. The van der Waals surface area contributed by atoms with Gasteiger partial charge in [-0.05, 0) is 12.1 Å². The van der Waals surface area contributed by atoms with Gasteiger partial charge in [0.2, 0.25) is 5.91 Å². The fourth-order valence-corrected chi connectivity index (χ4v) is 2.40. The van der Waals surface area contributed by atoms with Crippen LogP contribution in [0.3, 0.4) is 0 Å². The molecule has 1 unspecified atom stereocenters. The van der Waals surface area contributed by atoms with E-state index in [1.807, 2.05) is 0 Å². The number of carbonyl (C=O) groups is 1. The number of hydrazone groups is 1. The highest BCUT2D eigenvalue weighted by Gasteiger charge is 2.27. The van der Waals surface area contributed by atoms with Crippen molar-refractivity contribution in [2.45, 2.75) is 13.3 Å². The third-order valence-electron chi connectivity index (χ3n) is 3.25. The van der Waals surface area contributed by atoms with Crippen LogP contribution in [0.5, 0.6) is 5.75 Å². The molecule has 1 amide bonds. The summed E-state index contributed by atoms with van der Waals surface area (Å²) in [6, 6.07) is 0.944. The molecule has 1 aromatic carbocycles. The van der Waals surface area contributed by atoms with Crippen molar-refractivity contribution in [2.24, 2.45) is 11.0 Å². The van der Waals surface area contributed by atoms with Crippen molar-refractivity contribution in [2.75, 3.05) is 13.2 Å². The minimum absolute atomic E-state index is 0.0661. The van der Waals surface area contributed by atoms with Crippen LogP contribution < -0.4 is 10.2 Å². The lowest BCUT2D eigenvalue weighted by Gasteiger charge is -2.20. The zero-order valence-electron chi connectivity index (χ0n) is 12.3. The largest absolute Gasteiger partial charge is 0.485 e. The van der Waals surface area contributed by atoms with Crippen molar-refractivity contribution in [1.29, 1.82) is 0 Å². The highest BCUT2D eigenvalue weighted by atomic mass is 35.5. The number of ether oxygens (including phenoxy) is 1. The molecular weight excluding hydrogens is 330 g/mol. The van der Waals surface area contributed by atoms with E-state index in [4.69, 9.17) is 21.4 Å². The Morgan fingerprint density at radius 3 is 2.91 bits per heavy atom. The van der Waals surface area contributed by atoms with Crippen LogP contribution in [0.4, 0.5) is 8.78 Å². The summed E-state index contributed by atoms with van der Waals surface area (Å²) in [5.41, 5.74) is 2.35. The topological polar surface area (TPSA) is 70.9 Å². The van der Waals surface area contributed by atoms with Crippen LogP contribution >= 0.6 is 11.6 Å². The Hall–Kier alpha value is -1.99. The quantitative estimate of drug-likeness (QED) is 0.636. The molecule has 1 atom stereocenters. The van der Waals surface area contributed by atoms with Crippen LogP contribution in [0.2, 0.25) is 5.02 Å². The number of amides is 1. The highest BCUT2D eigenvalue weighted by Crippen LogP contribution is 2.34. The van der Waals surface area contributed by atoms with E-state index in [2.05, 4.69) is 10.5 Å². The Labute approximate surface area is 136 Å². The molecule has 5 nitrogen and oxygen atoms in total. The summed E-state index contributed by atoms with van der Waals surface area (Å²) in [6.07, 6.45) is 2.98. The molecule has 0 radical (unpaired) electrons. The summed E-state index contributed by atoms with van der Waals surface area (Å²) in [5.74, 6) is -2.77. The van der Waals surface area contributed by atoms with Crippen molar-refractivity contribution in [3.63, 3.8) is 0 Å². The molecule has 0 aliphatic carbocycles. The first-order chi connectivity index (χ1) is 11.0. The lowest BCUT2D eigenvalue weighted by atomic mass is 9.93. The molecule has 1 aliphatic heterocycles. The second-order valence-corrected chi connectivity index (χ2v) is 5.34. The first-order valence-electron chi connectivity index (χ1n) is 6.88. The van der Waals surface area contributed by atoms with E-state index in [1.54, 1.807) is 6.92 Å². The van der Waals surface area contributed by atoms with E-state index >= 15 is 0 Å². The molecule has 8 heteroatoms. The minimum Gasteiger partial charge on any atom is -0.485 e. The predicted octanol–water partition coefficient (Wildman–Crippen LogP) is 2.41. The van der Waals surface area contributed by atoms with E-state index in [-0.39, 0.29) is 42.7 Å². The summed E-state index contributed by atoms with van der Waals surface area (Å²) in [4.78, 5) is 11.2. The van der Waals surface area contributed by atoms with Gasteiger partial charge in [0.25, 0.3) is 0 Å². The van der Waals surface area contributed by atoms with Crippen LogP contribution in [0.15, 0.2) is 23.3 Å². The molecule has 0 saturated carbocycles. The number of hydrogen-bond donors (Lipinski definition) is 2. The fourth-order valence-electron chi connectivity index (χ4n) is 2.15. The number of nitrogens with zero attached hydrogens (tertiary/aromatic N) is 1. The molecule has 0 fully saturated rings. The van der Waals surface area contributed by atoms with Gasteiger partial charge in [0.05, 0.1) is 12.3 Å². The molecule has 23 heavy (non-hydrogen) atoms. The first kappa shape index (κ1) is 17.4. The number of rotatable bonds is 5. The van der Waals surface area contributed by atoms with Crippen LogP contribution in [0.25, 0.3) is 0 Å². The summed E-state index contributed by atoms with van der Waals surface area (Å²) in [6.45, 7) is 1.44. The lowest BCUT2D eigenvalue weighted by Crippen LogP contribution is -2.32. The van der Waals surface area contributed by atoms with E-state index in [9.17, 15) is 13.6 Å². The van der Waals surface area contributed by atoms with E-state index < -0.39 is 22.4 Å². The van der Waals surface area contributed by atoms with Gasteiger partial charge >= 0.3 is 0 Å². The Kier molecular flexibility index (Phi) is 5.68. The van der Waals surface area contributed by atoms with Crippen LogP contribution in [-0.4, -0.2) is 29.9 Å². The molecule has 2 N–H and O–H groups in total. The second-order valence-electron chi connectivity index (χ2n) is 4.97. The maximum atomic E-state index is 14.4. The van der Waals surface area contributed by atoms with Gasteiger partial charge in [0.1, 0.15) is 11.6 Å². The van der Waals surface area contributed by atoms with E-state index in [0.717, 1.165) is 6.07 Å². The average Bonchev–Trinajstić information content (AvgIpc) is 2.50. The highest BCUT2D eigenvalue weighted by molar-refractivity contribution is 6.32. The Bertz CT molecular complexity index is 677. The van der Waals surface area contributed by atoms with Crippen molar-refractivity contribution >= 4 is 23.2 Å². The average molecular weight is 345 g/mol. The van der Waals surface area contributed by atoms with Gasteiger partial charge in [0, 0.05) is 17.9 Å². The van der Waals surface area contributed by atoms with Gasteiger partial charge in [-0.1, -0.05) is 24.6 Å². The van der Waals surface area contributed by atoms with Crippen molar-refractivity contribution in [1.82, 2.24) is 5.43 Å². The Balaban J connectivity index is 2.34. The van der Waals surface area contributed by atoms with Crippen molar-refractivity contribution < 1.29 is 23.4 Å². The molecule has 124 valence electrons. The summed E-state index contributed by atoms with van der Waals surface area (Å²) in [7, 11) is 0. The molecule has 1 aliphatic rings. The van der Waals surface area contributed by atoms with Crippen LogP contribution in [0, 0.1) is 17.6 Å². The predicted molar refractivity (Wildman–Crippen MR) is 81.5 cm³/mol. The maximum absolute atomic E-state index is 14.4. The van der Waals surface area contributed by atoms with Crippen LogP contribution in [0.1, 0.15) is 18.9 Å². The van der Waals surface area contributed by atoms with Gasteiger partial charge in [-0.25, -0.2) is 14.2 Å². The number of benzene rings is 1. The fraction of sp³-hybridized carbons (Fsp3) is 0.333. The van der Waals surface area contributed by atoms with E-state index in [1.165, 1.54) is 12.2 Å². The van der Waals surface area contributed by atoms with Crippen molar-refractivity contribution in [3.8, 4) is 5.75 Å². The van der Waals surface area contributed by atoms with Crippen LogP contribution in [-0.2, 0) is 4.79 Å². The summed E-state index contributed by atoms with van der Waals surface area (Å²) >= 11 is 5.86. The number of nitrogens with one attached hydrogen (secondary N) is 1. The van der Waals surface area contributed by atoms with Gasteiger partial charge in [-0.15, -0.1) is 0 Å². The van der Waals surface area contributed by atoms with E-state index in [0.29, 0.717) is 0 Å². The van der Waals surface area contributed by atoms with Gasteiger partial charge in [-0.2, -0.15) is 5.10 Å².